The molecule has 2 bridgehead atoms. The zero-order valence-electron chi connectivity index (χ0n) is 15.3. The van der Waals surface area contributed by atoms with Crippen LogP contribution in [0, 0.1) is 11.8 Å². The number of imidazole rings is 1. The molecule has 1 saturated heterocycles. The van der Waals surface area contributed by atoms with Crippen LogP contribution in [0.4, 0.5) is 0 Å². The van der Waals surface area contributed by atoms with Crippen molar-refractivity contribution in [3.05, 3.63) is 47.3 Å². The maximum Gasteiger partial charge on any atom is 0.268 e. The van der Waals surface area contributed by atoms with Crippen molar-refractivity contribution in [1.82, 2.24) is 14.5 Å². The first kappa shape index (κ1) is 16.8. The lowest BCUT2D eigenvalue weighted by molar-refractivity contribution is -0.137. The summed E-state index contributed by atoms with van der Waals surface area (Å²) in [7, 11) is 1.65. The fourth-order valence-corrected chi connectivity index (χ4v) is 4.00. The second-order valence-electron chi connectivity index (χ2n) is 7.53. The van der Waals surface area contributed by atoms with Crippen molar-refractivity contribution in [3.8, 4) is 23.2 Å². The minimum Gasteiger partial charge on any atom is -0.369 e. The summed E-state index contributed by atoms with van der Waals surface area (Å²) in [5.74, 6) is 5.43. The molecule has 6 rings (SSSR count). The average molecular weight is 374 g/mol. The van der Waals surface area contributed by atoms with Crippen LogP contribution in [0.1, 0.15) is 40.5 Å². The van der Waals surface area contributed by atoms with Crippen LogP contribution in [0.15, 0.2) is 30.5 Å². The van der Waals surface area contributed by atoms with Crippen molar-refractivity contribution < 1.29 is 14.7 Å². The molecule has 1 aromatic carbocycles. The van der Waals surface area contributed by atoms with Gasteiger partial charge in [-0.3, -0.25) is 9.59 Å². The van der Waals surface area contributed by atoms with Crippen LogP contribution in [0.25, 0.3) is 17.0 Å². The van der Waals surface area contributed by atoms with Gasteiger partial charge in [-0.15, -0.1) is 0 Å². The van der Waals surface area contributed by atoms with Gasteiger partial charge >= 0.3 is 0 Å². The highest BCUT2D eigenvalue weighted by Gasteiger charge is 2.42. The van der Waals surface area contributed by atoms with Gasteiger partial charge in [0.05, 0.1) is 6.04 Å². The maximum atomic E-state index is 12.1. The standard InChI is InChI=1S/C21H18N4O3/c1-24-7-6-21(28,20(24)27)5-4-12-2-3-15-13-9-14(10-13)25-11-17(18(22)26)23-19(25)16(15)8-12/h2-3,8-9,11,14,28H,6-7,10H2,1H3,(H2,22,26)/t14?,21-/m1/s1. The molecule has 0 radical (unpaired) electrons. The SMILES string of the molecule is CN1CC[C@](O)(C#Cc2ccc3c(c2)-c2nc(C(N)=O)cn2C2C=C3C2)C1=O. The average Bonchev–Trinajstić information content (AvgIpc) is 3.11. The molecule has 28 heavy (non-hydrogen) atoms. The van der Waals surface area contributed by atoms with Gasteiger partial charge in [-0.05, 0) is 29.7 Å². The summed E-state index contributed by atoms with van der Waals surface area (Å²) in [6, 6.07) is 5.91. The van der Waals surface area contributed by atoms with E-state index in [2.05, 4.69) is 22.9 Å². The van der Waals surface area contributed by atoms with E-state index in [1.807, 2.05) is 22.8 Å². The third kappa shape index (κ3) is 2.31. The zero-order chi connectivity index (χ0) is 19.6. The summed E-state index contributed by atoms with van der Waals surface area (Å²) in [6.07, 6.45) is 5.02. The summed E-state index contributed by atoms with van der Waals surface area (Å²) in [5.41, 5.74) is 7.83. The molecule has 3 N–H and O–H groups in total. The Morgan fingerprint density at radius 3 is 2.86 bits per heavy atom. The number of hydrogen-bond acceptors (Lipinski definition) is 4. The fourth-order valence-electron chi connectivity index (χ4n) is 4.00. The second kappa shape index (κ2) is 5.57. The van der Waals surface area contributed by atoms with Gasteiger partial charge in [0.2, 0.25) is 5.60 Å². The van der Waals surface area contributed by atoms with Crippen molar-refractivity contribution >= 4 is 17.4 Å². The number of amides is 2. The number of rotatable bonds is 1. The molecule has 2 amide bonds. The largest absolute Gasteiger partial charge is 0.369 e. The fraction of sp³-hybridized carbons (Fsp3) is 0.286. The highest BCUT2D eigenvalue weighted by molar-refractivity contribution is 5.93. The highest BCUT2D eigenvalue weighted by Crippen LogP contribution is 2.46. The van der Waals surface area contributed by atoms with Gasteiger partial charge in [-0.1, -0.05) is 24.0 Å². The van der Waals surface area contributed by atoms with E-state index in [0.717, 1.165) is 17.5 Å². The molecular formula is C21H18N4O3. The number of aromatic nitrogens is 2. The molecular weight excluding hydrogens is 356 g/mol. The van der Waals surface area contributed by atoms with Crippen LogP contribution in [0.3, 0.4) is 0 Å². The molecule has 1 unspecified atom stereocenters. The van der Waals surface area contributed by atoms with Crippen molar-refractivity contribution in [2.24, 2.45) is 5.73 Å². The summed E-state index contributed by atoms with van der Waals surface area (Å²) in [5, 5.41) is 10.5. The van der Waals surface area contributed by atoms with Crippen molar-refractivity contribution in [2.45, 2.75) is 24.5 Å². The van der Waals surface area contributed by atoms with Gasteiger partial charge in [-0.2, -0.15) is 0 Å². The predicted octanol–water partition coefficient (Wildman–Crippen LogP) is 0.936. The molecule has 1 fully saturated rings. The topological polar surface area (TPSA) is 101 Å². The number of benzene rings is 1. The number of nitrogens with two attached hydrogens (primary N) is 1. The number of hydrogen-bond donors (Lipinski definition) is 2. The molecule has 1 aromatic heterocycles. The number of nitrogens with zero attached hydrogens (tertiary/aromatic N) is 3. The zero-order valence-corrected chi connectivity index (χ0v) is 15.3. The smallest absolute Gasteiger partial charge is 0.268 e. The number of aliphatic hydroxyl groups is 1. The highest BCUT2D eigenvalue weighted by atomic mass is 16.3. The molecule has 7 nitrogen and oxygen atoms in total. The van der Waals surface area contributed by atoms with Crippen molar-refractivity contribution in [3.63, 3.8) is 0 Å². The molecule has 140 valence electrons. The number of carbonyl (C=O) groups excluding carboxylic acids is 2. The van der Waals surface area contributed by atoms with Crippen LogP contribution in [-0.2, 0) is 4.79 Å². The van der Waals surface area contributed by atoms with E-state index in [4.69, 9.17) is 5.73 Å². The lowest BCUT2D eigenvalue weighted by atomic mass is 9.86. The lowest BCUT2D eigenvalue weighted by Gasteiger charge is -2.24. The number of likely N-dealkylation sites (tertiary alicyclic amines) is 1. The lowest BCUT2D eigenvalue weighted by Crippen LogP contribution is -2.37. The van der Waals surface area contributed by atoms with E-state index in [1.54, 1.807) is 13.2 Å². The first-order valence-corrected chi connectivity index (χ1v) is 9.11. The van der Waals surface area contributed by atoms with Gasteiger partial charge in [0.25, 0.3) is 11.8 Å². The third-order valence-corrected chi connectivity index (χ3v) is 5.69. The van der Waals surface area contributed by atoms with E-state index in [-0.39, 0.29) is 17.6 Å². The predicted molar refractivity (Wildman–Crippen MR) is 102 cm³/mol. The Balaban J connectivity index is 1.59. The van der Waals surface area contributed by atoms with Crippen molar-refractivity contribution in [2.75, 3.05) is 13.6 Å². The van der Waals surface area contributed by atoms with Crippen LogP contribution in [0.2, 0.25) is 0 Å². The summed E-state index contributed by atoms with van der Waals surface area (Å²) >= 11 is 0. The number of carbonyl (C=O) groups is 2. The first-order valence-electron chi connectivity index (χ1n) is 9.11. The Morgan fingerprint density at radius 1 is 1.39 bits per heavy atom. The monoisotopic (exact) mass is 374 g/mol. The molecule has 7 heteroatoms. The number of likely N-dealkylation sites (N-methyl/N-ethyl adjacent to an activating group) is 1. The Kier molecular flexibility index (Phi) is 3.33. The molecule has 2 aromatic rings. The molecule has 2 atom stereocenters. The van der Waals surface area contributed by atoms with Crippen LogP contribution < -0.4 is 5.73 Å². The third-order valence-electron chi connectivity index (χ3n) is 5.69. The second-order valence-corrected chi connectivity index (χ2v) is 7.53. The number of allylic oxidation sites excluding steroid dienone is 2. The summed E-state index contributed by atoms with van der Waals surface area (Å²) in [6.45, 7) is 0.483. The summed E-state index contributed by atoms with van der Waals surface area (Å²) < 4.78 is 1.97. The van der Waals surface area contributed by atoms with Crippen LogP contribution >= 0.6 is 0 Å². The quantitative estimate of drug-likeness (QED) is 0.725. The number of primary amides is 1. The van der Waals surface area contributed by atoms with Gasteiger partial charge in [0, 0.05) is 37.3 Å². The Labute approximate surface area is 161 Å². The van der Waals surface area contributed by atoms with E-state index in [0.29, 0.717) is 24.4 Å². The van der Waals surface area contributed by atoms with Gasteiger partial charge in [-0.25, -0.2) is 4.98 Å². The Bertz CT molecular complexity index is 1150. The Morgan fingerprint density at radius 2 is 2.18 bits per heavy atom. The molecule has 0 saturated carbocycles. The van der Waals surface area contributed by atoms with Crippen LogP contribution in [-0.4, -0.2) is 50.6 Å². The molecule has 1 aliphatic carbocycles. The first-order chi connectivity index (χ1) is 13.4. The van der Waals surface area contributed by atoms with Gasteiger partial charge in [0.1, 0.15) is 11.5 Å². The Hall–Kier alpha value is -3.37. The maximum absolute atomic E-state index is 12.1. The molecule has 0 spiro atoms. The minimum atomic E-state index is -1.64. The van der Waals surface area contributed by atoms with Crippen molar-refractivity contribution in [1.29, 1.82) is 0 Å². The van der Waals surface area contributed by atoms with E-state index < -0.39 is 11.5 Å². The summed E-state index contributed by atoms with van der Waals surface area (Å²) in [4.78, 5) is 29.6. The van der Waals surface area contributed by atoms with Gasteiger partial charge in [0.15, 0.2) is 0 Å². The normalized spacial score (nSPS) is 24.4. The van der Waals surface area contributed by atoms with E-state index in [9.17, 15) is 14.7 Å². The molecule has 3 aliphatic heterocycles. The van der Waals surface area contributed by atoms with E-state index >= 15 is 0 Å². The molecule has 4 aliphatic rings. The van der Waals surface area contributed by atoms with Gasteiger partial charge < -0.3 is 20.3 Å². The van der Waals surface area contributed by atoms with Crippen LogP contribution in [0.5, 0.6) is 0 Å². The van der Waals surface area contributed by atoms with E-state index in [1.165, 1.54) is 10.5 Å². The minimum absolute atomic E-state index is 0.167. The molecule has 4 heterocycles.